The second kappa shape index (κ2) is 13.5. The van der Waals surface area contributed by atoms with Crippen molar-refractivity contribution < 1.29 is 24.2 Å². The van der Waals surface area contributed by atoms with Crippen LogP contribution in [-0.4, -0.2) is 57.2 Å². The fourth-order valence-electron chi connectivity index (χ4n) is 5.37. The number of hydrogen-bond donors (Lipinski definition) is 1. The van der Waals surface area contributed by atoms with Crippen LogP contribution in [0.25, 0.3) is 11.3 Å². The van der Waals surface area contributed by atoms with E-state index in [1.807, 2.05) is 12.1 Å². The molecule has 1 aliphatic rings. The number of ether oxygens (including phenoxy) is 2. The Morgan fingerprint density at radius 1 is 0.886 bits per heavy atom. The quantitative estimate of drug-likeness (QED) is 0.243. The number of carbonyl (C=O) groups excluding carboxylic acids is 2. The van der Waals surface area contributed by atoms with E-state index in [4.69, 9.17) is 9.47 Å². The molecule has 1 aromatic heterocycles. The minimum absolute atomic E-state index is 0.0652. The van der Waals surface area contributed by atoms with E-state index in [2.05, 4.69) is 39.1 Å². The first-order chi connectivity index (χ1) is 21.1. The number of likely N-dealkylation sites (tertiary alicyclic amines) is 1. The summed E-state index contributed by atoms with van der Waals surface area (Å²) in [6.45, 7) is 8.33. The molecule has 2 heterocycles. The number of piperidine rings is 1. The van der Waals surface area contributed by atoms with Crippen LogP contribution in [0.2, 0.25) is 0 Å². The Bertz CT molecular complexity index is 1560. The molecule has 0 bridgehead atoms. The third kappa shape index (κ3) is 7.56. The number of nitrogens with zero attached hydrogens (tertiary/aromatic N) is 3. The van der Waals surface area contributed by atoms with Crippen LogP contribution in [0.5, 0.6) is 0 Å². The first kappa shape index (κ1) is 31.0. The minimum atomic E-state index is -2.05. The monoisotopic (exact) mass is 593 g/mol. The largest absolute Gasteiger partial charge is 0.463 e. The Hall–Kier alpha value is -4.40. The van der Waals surface area contributed by atoms with Gasteiger partial charge in [0.1, 0.15) is 5.60 Å². The van der Waals surface area contributed by atoms with Crippen molar-refractivity contribution in [2.45, 2.75) is 51.4 Å². The Kier molecular flexibility index (Phi) is 9.52. The highest BCUT2D eigenvalue weighted by atomic mass is 16.6. The highest BCUT2D eigenvalue weighted by Gasteiger charge is 2.42. The van der Waals surface area contributed by atoms with E-state index in [0.29, 0.717) is 22.4 Å². The summed E-state index contributed by atoms with van der Waals surface area (Å²) in [7, 11) is 0. The number of hydrogen-bond acceptors (Lipinski definition) is 8. The van der Waals surface area contributed by atoms with Crippen LogP contribution in [0.3, 0.4) is 0 Å². The van der Waals surface area contributed by atoms with Crippen molar-refractivity contribution >= 4 is 11.9 Å². The van der Waals surface area contributed by atoms with E-state index in [1.165, 1.54) is 18.0 Å². The summed E-state index contributed by atoms with van der Waals surface area (Å²) in [5, 5.41) is 12.1. The lowest BCUT2D eigenvalue weighted by Gasteiger charge is -2.33. The summed E-state index contributed by atoms with van der Waals surface area (Å²) in [5.41, 5.74) is 0.323. The lowest BCUT2D eigenvalue weighted by atomic mass is 9.85. The van der Waals surface area contributed by atoms with E-state index in [-0.39, 0.29) is 18.2 Å². The molecule has 0 spiro atoms. The van der Waals surface area contributed by atoms with Gasteiger partial charge >= 0.3 is 11.9 Å². The molecule has 44 heavy (non-hydrogen) atoms. The summed E-state index contributed by atoms with van der Waals surface area (Å²) >= 11 is 0. The van der Waals surface area contributed by atoms with Crippen LogP contribution < -0.4 is 0 Å². The molecule has 1 N–H and O–H groups in total. The van der Waals surface area contributed by atoms with Crippen LogP contribution in [0, 0.1) is 5.92 Å². The average Bonchev–Trinajstić information content (AvgIpc) is 3.04. The van der Waals surface area contributed by atoms with E-state index in [0.717, 1.165) is 32.5 Å². The number of esters is 2. The molecule has 1 aliphatic heterocycles. The number of aromatic nitrogens is 2. The van der Waals surface area contributed by atoms with Crippen molar-refractivity contribution in [1.82, 2.24) is 14.9 Å². The first-order valence-corrected chi connectivity index (χ1v) is 15.0. The zero-order valence-electron chi connectivity index (χ0n) is 25.5. The van der Waals surface area contributed by atoms with E-state index >= 15 is 0 Å². The Morgan fingerprint density at radius 2 is 1.55 bits per heavy atom. The Balaban J connectivity index is 1.32. The summed E-state index contributed by atoms with van der Waals surface area (Å²) in [5.74, 6) is -1.11. The molecule has 8 heteroatoms. The normalized spacial score (nSPS) is 15.7. The van der Waals surface area contributed by atoms with E-state index in [1.54, 1.807) is 69.3 Å². The molecule has 0 unspecified atom stereocenters. The van der Waals surface area contributed by atoms with Gasteiger partial charge in [-0.3, -0.25) is 9.88 Å². The third-order valence-corrected chi connectivity index (χ3v) is 7.71. The molecule has 0 saturated carbocycles. The highest BCUT2D eigenvalue weighted by molar-refractivity contribution is 5.88. The first-order valence-electron chi connectivity index (χ1n) is 15.0. The topological polar surface area (TPSA) is 102 Å². The maximum atomic E-state index is 13.8. The highest BCUT2D eigenvalue weighted by Crippen LogP contribution is 2.34. The summed E-state index contributed by atoms with van der Waals surface area (Å²) < 4.78 is 11.3. The van der Waals surface area contributed by atoms with Gasteiger partial charge in [-0.1, -0.05) is 78.9 Å². The average molecular weight is 594 g/mol. The molecule has 0 aliphatic carbocycles. The van der Waals surface area contributed by atoms with Crippen molar-refractivity contribution in [3.05, 3.63) is 120 Å². The third-order valence-electron chi connectivity index (χ3n) is 7.71. The number of carbonyl (C=O) groups is 2. The van der Waals surface area contributed by atoms with Gasteiger partial charge in [0.15, 0.2) is 5.69 Å². The minimum Gasteiger partial charge on any atom is -0.463 e. The Morgan fingerprint density at radius 3 is 2.23 bits per heavy atom. The fraction of sp³-hybridized carbons (Fsp3) is 0.333. The standard InChI is InChI=1S/C36H39N3O5/c1-35(2,3)44-33(40)32-23-37-22-31(38-32)28-13-10-16-30(21-28)36(42,29-14-8-5-9-15-29)34(41)43-25-27-17-19-39(20-18-27)24-26-11-6-4-7-12-26/h4-16,21-23,27,42H,17-20,24-25H2,1-3H3/t36-/m0/s1. The van der Waals surface area contributed by atoms with Gasteiger partial charge in [-0.2, -0.15) is 0 Å². The molecule has 0 amide bonds. The number of rotatable bonds is 9. The molecule has 228 valence electrons. The second-order valence-electron chi connectivity index (χ2n) is 12.3. The maximum Gasteiger partial charge on any atom is 0.359 e. The molecule has 1 fully saturated rings. The molecular formula is C36H39N3O5. The Labute approximate surface area is 258 Å². The molecule has 0 radical (unpaired) electrons. The van der Waals surface area contributed by atoms with Crippen LogP contribution in [-0.2, 0) is 26.4 Å². The zero-order chi connectivity index (χ0) is 31.2. The van der Waals surface area contributed by atoms with Gasteiger partial charge in [-0.05, 0) is 69.8 Å². The molecule has 5 rings (SSSR count). The van der Waals surface area contributed by atoms with Crippen molar-refractivity contribution in [2.75, 3.05) is 19.7 Å². The lowest BCUT2D eigenvalue weighted by Crippen LogP contribution is -2.40. The summed E-state index contributed by atoms with van der Waals surface area (Å²) in [6, 6.07) is 26.1. The summed E-state index contributed by atoms with van der Waals surface area (Å²) in [6.07, 6.45) is 4.69. The van der Waals surface area contributed by atoms with Crippen LogP contribution >= 0.6 is 0 Å². The fourth-order valence-corrected chi connectivity index (χ4v) is 5.37. The summed E-state index contributed by atoms with van der Waals surface area (Å²) in [4.78, 5) is 37.4. The lowest BCUT2D eigenvalue weighted by molar-refractivity contribution is -0.164. The molecule has 4 aromatic rings. The second-order valence-corrected chi connectivity index (χ2v) is 12.3. The van der Waals surface area contributed by atoms with Crippen LogP contribution in [0.4, 0.5) is 0 Å². The molecule has 1 saturated heterocycles. The molecule has 3 aromatic carbocycles. The van der Waals surface area contributed by atoms with Crippen LogP contribution in [0.1, 0.15) is 60.8 Å². The van der Waals surface area contributed by atoms with Crippen LogP contribution in [0.15, 0.2) is 97.3 Å². The van der Waals surface area contributed by atoms with Gasteiger partial charge in [0, 0.05) is 17.7 Å². The van der Waals surface area contributed by atoms with E-state index < -0.39 is 23.1 Å². The predicted octanol–water partition coefficient (Wildman–Crippen LogP) is 5.79. The van der Waals surface area contributed by atoms with Gasteiger partial charge in [0.2, 0.25) is 5.60 Å². The van der Waals surface area contributed by atoms with Crippen molar-refractivity contribution in [1.29, 1.82) is 0 Å². The van der Waals surface area contributed by atoms with Crippen molar-refractivity contribution in [2.24, 2.45) is 5.92 Å². The van der Waals surface area contributed by atoms with Gasteiger partial charge in [-0.15, -0.1) is 0 Å². The number of aliphatic hydroxyl groups is 1. The smallest absolute Gasteiger partial charge is 0.359 e. The van der Waals surface area contributed by atoms with Crippen molar-refractivity contribution in [3.63, 3.8) is 0 Å². The zero-order valence-corrected chi connectivity index (χ0v) is 25.5. The van der Waals surface area contributed by atoms with Gasteiger partial charge < -0.3 is 14.6 Å². The molecule has 8 nitrogen and oxygen atoms in total. The van der Waals surface area contributed by atoms with Gasteiger partial charge in [0.05, 0.1) is 24.7 Å². The number of benzene rings is 3. The maximum absolute atomic E-state index is 13.8. The van der Waals surface area contributed by atoms with Crippen molar-refractivity contribution in [3.8, 4) is 11.3 Å². The van der Waals surface area contributed by atoms with E-state index in [9.17, 15) is 14.7 Å². The SMILES string of the molecule is CC(C)(C)OC(=O)c1cncc(-c2cccc([C@](O)(C(=O)OCC3CCN(Cc4ccccc4)CC3)c3ccccc3)c2)n1. The van der Waals surface area contributed by atoms with Gasteiger partial charge in [0.25, 0.3) is 0 Å². The molecule has 1 atom stereocenters. The van der Waals surface area contributed by atoms with Gasteiger partial charge in [-0.25, -0.2) is 14.6 Å². The predicted molar refractivity (Wildman–Crippen MR) is 167 cm³/mol. The molecular weight excluding hydrogens is 554 g/mol.